The van der Waals surface area contributed by atoms with Gasteiger partial charge in [0.15, 0.2) is 5.65 Å². The van der Waals surface area contributed by atoms with E-state index in [1.165, 1.54) is 0 Å². The van der Waals surface area contributed by atoms with Crippen molar-refractivity contribution in [3.05, 3.63) is 65.2 Å². The lowest BCUT2D eigenvalue weighted by Crippen LogP contribution is -2.11. The number of fused-ring (bicyclic) bond motifs is 3. The van der Waals surface area contributed by atoms with Crippen molar-refractivity contribution in [2.24, 2.45) is 0 Å². The Kier molecular flexibility index (Phi) is 2.20. The van der Waals surface area contributed by atoms with Crippen LogP contribution in [0.1, 0.15) is 0 Å². The van der Waals surface area contributed by atoms with E-state index in [9.17, 15) is 4.79 Å². The van der Waals surface area contributed by atoms with Crippen molar-refractivity contribution < 1.29 is 0 Å². The molecule has 0 saturated heterocycles. The molecule has 96 valence electrons. The fourth-order valence-electron chi connectivity index (χ4n) is 2.32. The molecule has 0 radical (unpaired) electrons. The van der Waals surface area contributed by atoms with Gasteiger partial charge in [-0.1, -0.05) is 30.3 Å². The van der Waals surface area contributed by atoms with Crippen molar-refractivity contribution in [2.75, 3.05) is 0 Å². The Balaban J connectivity index is 2.11. The molecule has 1 aromatic carbocycles. The van der Waals surface area contributed by atoms with Crippen molar-refractivity contribution in [3.8, 4) is 11.3 Å². The van der Waals surface area contributed by atoms with Crippen LogP contribution in [0.4, 0.5) is 0 Å². The third kappa shape index (κ3) is 1.53. The van der Waals surface area contributed by atoms with E-state index < -0.39 is 0 Å². The van der Waals surface area contributed by atoms with Gasteiger partial charge in [-0.2, -0.15) is 0 Å². The highest BCUT2D eigenvalue weighted by molar-refractivity contribution is 5.75. The number of hydrogen-bond donors (Lipinski definition) is 1. The summed E-state index contributed by atoms with van der Waals surface area (Å²) in [5.74, 6) is 0. The average Bonchev–Trinajstić information content (AvgIpc) is 2.94. The molecule has 1 N–H and O–H groups in total. The van der Waals surface area contributed by atoms with Gasteiger partial charge in [0.2, 0.25) is 5.65 Å². The maximum atomic E-state index is 12.1. The highest BCUT2D eigenvalue weighted by atomic mass is 16.1. The van der Waals surface area contributed by atoms with Gasteiger partial charge in [-0.15, -0.1) is 0 Å². The predicted octanol–water partition coefficient (Wildman–Crippen LogP) is 2.24. The van der Waals surface area contributed by atoms with Gasteiger partial charge in [0.1, 0.15) is 0 Å². The van der Waals surface area contributed by atoms with Crippen LogP contribution in [0, 0.1) is 0 Å². The Morgan fingerprint density at radius 3 is 2.75 bits per heavy atom. The molecule has 0 aliphatic heterocycles. The molecular weight excluding hydrogens is 252 g/mol. The first-order valence-electron chi connectivity index (χ1n) is 6.24. The number of aromatic nitrogens is 4. The minimum atomic E-state index is -0.238. The summed E-state index contributed by atoms with van der Waals surface area (Å²) < 4.78 is 1.78. The summed E-state index contributed by atoms with van der Waals surface area (Å²) in [6.07, 6.45) is 3.52. The molecule has 5 heteroatoms. The molecular formula is C15H10N4O. The number of nitrogens with one attached hydrogen (secondary N) is 1. The van der Waals surface area contributed by atoms with Crippen molar-refractivity contribution in [1.82, 2.24) is 19.4 Å². The Labute approximate surface area is 113 Å². The van der Waals surface area contributed by atoms with Crippen molar-refractivity contribution >= 4 is 16.8 Å². The highest BCUT2D eigenvalue weighted by Gasteiger charge is 2.10. The van der Waals surface area contributed by atoms with Gasteiger partial charge < -0.3 is 4.98 Å². The van der Waals surface area contributed by atoms with Crippen LogP contribution in [-0.2, 0) is 0 Å². The van der Waals surface area contributed by atoms with Crippen LogP contribution in [0.3, 0.4) is 0 Å². The maximum Gasteiger partial charge on any atom is 0.293 e. The molecule has 0 bridgehead atoms. The SMILES string of the molecule is O=c1[nH]c2ncccc2n2cc(-c3ccccc3)nc12. The van der Waals surface area contributed by atoms with E-state index in [1.807, 2.05) is 48.7 Å². The molecule has 3 heterocycles. The second kappa shape index (κ2) is 4.03. The second-order valence-electron chi connectivity index (χ2n) is 4.51. The zero-order valence-electron chi connectivity index (χ0n) is 10.4. The summed E-state index contributed by atoms with van der Waals surface area (Å²) in [6.45, 7) is 0. The molecule has 0 aliphatic carbocycles. The highest BCUT2D eigenvalue weighted by Crippen LogP contribution is 2.19. The molecule has 0 saturated carbocycles. The summed E-state index contributed by atoms with van der Waals surface area (Å²) in [4.78, 5) is 23.4. The van der Waals surface area contributed by atoms with Crippen LogP contribution in [0.2, 0.25) is 0 Å². The molecule has 20 heavy (non-hydrogen) atoms. The molecule has 0 spiro atoms. The van der Waals surface area contributed by atoms with Crippen LogP contribution < -0.4 is 5.56 Å². The topological polar surface area (TPSA) is 63.0 Å². The first-order valence-corrected chi connectivity index (χ1v) is 6.24. The molecule has 4 rings (SSSR count). The summed E-state index contributed by atoms with van der Waals surface area (Å²) in [5, 5.41) is 0. The maximum absolute atomic E-state index is 12.1. The number of hydrogen-bond acceptors (Lipinski definition) is 3. The summed E-state index contributed by atoms with van der Waals surface area (Å²) in [7, 11) is 0. The lowest BCUT2D eigenvalue weighted by molar-refractivity contribution is 1.13. The van der Waals surface area contributed by atoms with Gasteiger partial charge in [0.05, 0.1) is 11.2 Å². The molecule has 3 aromatic heterocycles. The molecule has 5 nitrogen and oxygen atoms in total. The molecule has 0 unspecified atom stereocenters. The van der Waals surface area contributed by atoms with Crippen molar-refractivity contribution in [3.63, 3.8) is 0 Å². The van der Waals surface area contributed by atoms with Crippen LogP contribution in [0.15, 0.2) is 59.7 Å². The Morgan fingerprint density at radius 1 is 1.05 bits per heavy atom. The molecule has 0 atom stereocenters. The monoisotopic (exact) mass is 262 g/mol. The van der Waals surface area contributed by atoms with E-state index in [-0.39, 0.29) is 5.56 Å². The van der Waals surface area contributed by atoms with Gasteiger partial charge in [0.25, 0.3) is 5.56 Å². The zero-order chi connectivity index (χ0) is 13.5. The van der Waals surface area contributed by atoms with E-state index in [1.54, 1.807) is 10.6 Å². The third-order valence-electron chi connectivity index (χ3n) is 3.26. The zero-order valence-corrected chi connectivity index (χ0v) is 10.4. The molecule has 0 amide bonds. The quantitative estimate of drug-likeness (QED) is 0.572. The average molecular weight is 262 g/mol. The third-order valence-corrected chi connectivity index (χ3v) is 3.26. The minimum absolute atomic E-state index is 0.238. The number of aromatic amines is 1. The number of benzene rings is 1. The van der Waals surface area contributed by atoms with Crippen LogP contribution in [0.25, 0.3) is 28.1 Å². The second-order valence-corrected chi connectivity index (χ2v) is 4.51. The van der Waals surface area contributed by atoms with Crippen molar-refractivity contribution in [1.29, 1.82) is 0 Å². The summed E-state index contributed by atoms with van der Waals surface area (Å²) in [6, 6.07) is 13.5. The fourth-order valence-corrected chi connectivity index (χ4v) is 2.32. The summed E-state index contributed by atoms with van der Waals surface area (Å²) >= 11 is 0. The lowest BCUT2D eigenvalue weighted by atomic mass is 10.2. The van der Waals surface area contributed by atoms with Gasteiger partial charge in [-0.05, 0) is 12.1 Å². The Morgan fingerprint density at radius 2 is 1.90 bits per heavy atom. The first kappa shape index (κ1) is 10.9. The van der Waals surface area contributed by atoms with E-state index >= 15 is 0 Å². The van der Waals surface area contributed by atoms with Crippen LogP contribution in [-0.4, -0.2) is 19.4 Å². The van der Waals surface area contributed by atoms with E-state index in [0.29, 0.717) is 11.3 Å². The Bertz CT molecular complexity index is 969. The predicted molar refractivity (Wildman–Crippen MR) is 76.5 cm³/mol. The normalized spacial score (nSPS) is 11.2. The van der Waals surface area contributed by atoms with Gasteiger partial charge >= 0.3 is 0 Å². The van der Waals surface area contributed by atoms with Gasteiger partial charge in [-0.3, -0.25) is 9.20 Å². The number of H-pyrrole nitrogens is 1. The standard InChI is InChI=1S/C15H10N4O/c20-15-14-17-11(10-5-2-1-3-6-10)9-19(14)12-7-4-8-16-13(12)18-15/h1-9H,(H,16,18,20). The smallest absolute Gasteiger partial charge is 0.293 e. The lowest BCUT2D eigenvalue weighted by Gasteiger charge is -1.98. The van der Waals surface area contributed by atoms with Crippen LogP contribution in [0.5, 0.6) is 0 Å². The largest absolute Gasteiger partial charge is 0.302 e. The number of pyridine rings is 1. The van der Waals surface area contributed by atoms with E-state index in [0.717, 1.165) is 16.8 Å². The first-order chi connectivity index (χ1) is 9.83. The Hall–Kier alpha value is -2.95. The molecule has 0 fully saturated rings. The van der Waals surface area contributed by atoms with Gasteiger partial charge in [-0.25, -0.2) is 9.97 Å². The minimum Gasteiger partial charge on any atom is -0.302 e. The molecule has 0 aliphatic rings. The van der Waals surface area contributed by atoms with Crippen LogP contribution >= 0.6 is 0 Å². The van der Waals surface area contributed by atoms with E-state index in [2.05, 4.69) is 15.0 Å². The fraction of sp³-hybridized carbons (Fsp3) is 0. The number of rotatable bonds is 1. The van der Waals surface area contributed by atoms with Gasteiger partial charge in [0, 0.05) is 18.0 Å². The summed E-state index contributed by atoms with van der Waals surface area (Å²) in [5.41, 5.74) is 3.28. The number of nitrogens with zero attached hydrogens (tertiary/aromatic N) is 3. The van der Waals surface area contributed by atoms with E-state index in [4.69, 9.17) is 0 Å². The molecule has 4 aromatic rings. The van der Waals surface area contributed by atoms with Crippen molar-refractivity contribution in [2.45, 2.75) is 0 Å². The number of imidazole rings is 1.